The number of hydrogen-bond donors (Lipinski definition) is 0. The summed E-state index contributed by atoms with van der Waals surface area (Å²) in [4.78, 5) is 44.4. The molecule has 0 fully saturated rings. The van der Waals surface area contributed by atoms with Gasteiger partial charge in [0.1, 0.15) is 0 Å². The summed E-state index contributed by atoms with van der Waals surface area (Å²) >= 11 is 0. The average molecular weight is 485 g/mol. The van der Waals surface area contributed by atoms with Gasteiger partial charge in [-0.25, -0.2) is 9.59 Å². The molecule has 0 saturated carbocycles. The van der Waals surface area contributed by atoms with Crippen LogP contribution in [0.15, 0.2) is 48.5 Å². The summed E-state index contributed by atoms with van der Waals surface area (Å²) in [5.41, 5.74) is 3.13. The van der Waals surface area contributed by atoms with Gasteiger partial charge in [0, 0.05) is 6.42 Å². The summed E-state index contributed by atoms with van der Waals surface area (Å²) in [6.45, 7) is 6.14. The van der Waals surface area contributed by atoms with Crippen LogP contribution in [-0.4, -0.2) is 18.2 Å². The van der Waals surface area contributed by atoms with Gasteiger partial charge in [-0.3, -0.25) is 9.78 Å². The molecule has 0 heterocycles. The standard InChI is InChI=1S/C29H40O6/c1-4-7-9-11-13-23-15-19-25(20-16-23)28(30)34-32-27(6-3)33-35-29(31)26-21-17-24(18-22-26)14-12-10-8-5-2/h15-22,27H,4-14H2,1-3H3. The summed E-state index contributed by atoms with van der Waals surface area (Å²) in [7, 11) is 0. The minimum atomic E-state index is -1.03. The van der Waals surface area contributed by atoms with Gasteiger partial charge < -0.3 is 0 Å². The molecular weight excluding hydrogens is 444 g/mol. The first-order valence-corrected chi connectivity index (χ1v) is 13.0. The van der Waals surface area contributed by atoms with E-state index < -0.39 is 18.2 Å². The van der Waals surface area contributed by atoms with E-state index >= 15 is 0 Å². The monoisotopic (exact) mass is 484 g/mol. The van der Waals surface area contributed by atoms with Crippen molar-refractivity contribution in [3.8, 4) is 0 Å². The van der Waals surface area contributed by atoms with E-state index in [4.69, 9.17) is 19.6 Å². The van der Waals surface area contributed by atoms with Crippen molar-refractivity contribution in [2.24, 2.45) is 0 Å². The molecule has 0 aromatic heterocycles. The zero-order valence-electron chi connectivity index (χ0n) is 21.4. The number of aryl methyl sites for hydroxylation is 2. The van der Waals surface area contributed by atoms with Crippen molar-refractivity contribution in [1.29, 1.82) is 0 Å². The highest BCUT2D eigenvalue weighted by Crippen LogP contribution is 2.14. The molecule has 0 aliphatic rings. The quantitative estimate of drug-likeness (QED) is 0.0999. The average Bonchev–Trinajstić information content (AvgIpc) is 2.89. The zero-order valence-corrected chi connectivity index (χ0v) is 21.4. The van der Waals surface area contributed by atoms with E-state index in [-0.39, 0.29) is 0 Å². The Hall–Kier alpha value is -2.70. The Balaban J connectivity index is 1.73. The first kappa shape index (κ1) is 28.5. The molecule has 0 amide bonds. The molecule has 0 atom stereocenters. The molecule has 0 radical (unpaired) electrons. The van der Waals surface area contributed by atoms with Crippen LogP contribution < -0.4 is 0 Å². The number of carbonyl (C=O) groups is 2. The van der Waals surface area contributed by atoms with Crippen LogP contribution in [0.4, 0.5) is 0 Å². The van der Waals surface area contributed by atoms with Crippen molar-refractivity contribution < 1.29 is 29.1 Å². The molecule has 0 aliphatic carbocycles. The highest BCUT2D eigenvalue weighted by Gasteiger charge is 2.18. The molecule has 0 unspecified atom stereocenters. The lowest BCUT2D eigenvalue weighted by molar-refractivity contribution is -0.420. The van der Waals surface area contributed by atoms with Crippen LogP contribution in [0.25, 0.3) is 0 Å². The van der Waals surface area contributed by atoms with E-state index in [9.17, 15) is 9.59 Å². The molecule has 192 valence electrons. The van der Waals surface area contributed by atoms with E-state index in [0.29, 0.717) is 17.5 Å². The molecule has 6 heteroatoms. The first-order valence-electron chi connectivity index (χ1n) is 13.0. The predicted octanol–water partition coefficient (Wildman–Crippen LogP) is 7.55. The summed E-state index contributed by atoms with van der Waals surface area (Å²) < 4.78 is 0. The molecule has 0 bridgehead atoms. The third kappa shape index (κ3) is 11.1. The largest absolute Gasteiger partial charge is 0.373 e. The molecule has 6 nitrogen and oxygen atoms in total. The Morgan fingerprint density at radius 1 is 0.600 bits per heavy atom. The summed E-state index contributed by atoms with van der Waals surface area (Å²) in [5.74, 6) is -1.27. The van der Waals surface area contributed by atoms with Gasteiger partial charge in [0.15, 0.2) is 0 Å². The number of unbranched alkanes of at least 4 members (excludes halogenated alkanes) is 6. The van der Waals surface area contributed by atoms with Crippen molar-refractivity contribution >= 4 is 11.9 Å². The van der Waals surface area contributed by atoms with Crippen molar-refractivity contribution in [2.45, 2.75) is 97.7 Å². The van der Waals surface area contributed by atoms with Gasteiger partial charge in [0.05, 0.1) is 11.1 Å². The van der Waals surface area contributed by atoms with E-state index in [2.05, 4.69) is 13.8 Å². The fraction of sp³-hybridized carbons (Fsp3) is 0.517. The molecule has 2 aromatic rings. The van der Waals surface area contributed by atoms with Gasteiger partial charge >= 0.3 is 11.9 Å². The molecule has 2 rings (SSSR count). The number of rotatable bonds is 17. The van der Waals surface area contributed by atoms with Crippen LogP contribution >= 0.6 is 0 Å². The predicted molar refractivity (Wildman–Crippen MR) is 136 cm³/mol. The maximum atomic E-state index is 12.3. The van der Waals surface area contributed by atoms with E-state index in [1.54, 1.807) is 31.2 Å². The van der Waals surface area contributed by atoms with Gasteiger partial charge in [0.25, 0.3) is 0 Å². The summed E-state index contributed by atoms with van der Waals surface area (Å²) in [6.07, 6.45) is 10.9. The fourth-order valence-electron chi connectivity index (χ4n) is 3.57. The van der Waals surface area contributed by atoms with Gasteiger partial charge in [-0.15, -0.1) is 9.78 Å². The lowest BCUT2D eigenvalue weighted by Gasteiger charge is -2.13. The second-order valence-corrected chi connectivity index (χ2v) is 8.79. The Bertz CT molecular complexity index is 788. The second kappa shape index (κ2) is 16.8. The topological polar surface area (TPSA) is 71.1 Å². The second-order valence-electron chi connectivity index (χ2n) is 8.79. The number of carbonyl (C=O) groups excluding carboxylic acids is 2. The maximum absolute atomic E-state index is 12.3. The highest BCUT2D eigenvalue weighted by molar-refractivity contribution is 5.89. The first-order chi connectivity index (χ1) is 17.1. The van der Waals surface area contributed by atoms with Crippen LogP contribution in [0.5, 0.6) is 0 Å². The Morgan fingerprint density at radius 2 is 1.00 bits per heavy atom. The Labute approximate surface area is 209 Å². The molecule has 0 spiro atoms. The van der Waals surface area contributed by atoms with Crippen LogP contribution in [0.1, 0.15) is 110 Å². The molecule has 0 saturated heterocycles. The smallest absolute Gasteiger partial charge is 0.290 e. The Morgan fingerprint density at radius 3 is 1.34 bits per heavy atom. The number of benzene rings is 2. The van der Waals surface area contributed by atoms with Crippen molar-refractivity contribution in [3.63, 3.8) is 0 Å². The molecule has 35 heavy (non-hydrogen) atoms. The molecular formula is C29H40O6. The molecule has 2 aromatic carbocycles. The van der Waals surface area contributed by atoms with Crippen molar-refractivity contribution in [2.75, 3.05) is 0 Å². The maximum Gasteiger partial charge on any atom is 0.373 e. The SMILES string of the molecule is CCCCCCc1ccc(C(=O)OOC(CC)OOC(=O)c2ccc(CCCCCC)cc2)cc1. The van der Waals surface area contributed by atoms with Gasteiger partial charge in [-0.05, 0) is 61.1 Å². The van der Waals surface area contributed by atoms with Gasteiger partial charge in [0.2, 0.25) is 6.29 Å². The van der Waals surface area contributed by atoms with Crippen molar-refractivity contribution in [3.05, 3.63) is 70.8 Å². The van der Waals surface area contributed by atoms with Gasteiger partial charge in [-0.2, -0.15) is 0 Å². The minimum absolute atomic E-state index is 0.313. The van der Waals surface area contributed by atoms with Crippen LogP contribution in [0, 0.1) is 0 Å². The highest BCUT2D eigenvalue weighted by atomic mass is 17.3. The normalized spacial score (nSPS) is 11.0. The van der Waals surface area contributed by atoms with E-state index in [0.717, 1.165) is 25.7 Å². The lowest BCUT2D eigenvalue weighted by atomic mass is 10.0. The third-order valence-electron chi connectivity index (χ3n) is 5.81. The lowest BCUT2D eigenvalue weighted by Crippen LogP contribution is -2.21. The minimum Gasteiger partial charge on any atom is -0.290 e. The molecule has 0 aliphatic heterocycles. The zero-order chi connectivity index (χ0) is 25.3. The van der Waals surface area contributed by atoms with Crippen LogP contribution in [-0.2, 0) is 32.4 Å². The van der Waals surface area contributed by atoms with Crippen LogP contribution in [0.3, 0.4) is 0 Å². The number of hydrogen-bond acceptors (Lipinski definition) is 6. The molecule has 0 N–H and O–H groups in total. The fourth-order valence-corrected chi connectivity index (χ4v) is 3.57. The van der Waals surface area contributed by atoms with Gasteiger partial charge in [-0.1, -0.05) is 83.6 Å². The third-order valence-corrected chi connectivity index (χ3v) is 5.81. The van der Waals surface area contributed by atoms with E-state index in [1.807, 2.05) is 24.3 Å². The Kier molecular flexibility index (Phi) is 13.7. The van der Waals surface area contributed by atoms with E-state index in [1.165, 1.54) is 49.7 Å². The summed E-state index contributed by atoms with van der Waals surface area (Å²) in [6, 6.07) is 14.6. The van der Waals surface area contributed by atoms with Crippen molar-refractivity contribution in [1.82, 2.24) is 0 Å². The van der Waals surface area contributed by atoms with Crippen LogP contribution in [0.2, 0.25) is 0 Å². The summed E-state index contributed by atoms with van der Waals surface area (Å²) in [5, 5.41) is 0.